The Morgan fingerprint density at radius 2 is 2.05 bits per heavy atom. The standard InChI is InChI=1S/C20H26O2/c1-12-10-18-17-6-4-13-11-14(22-3)5-7-15(13)16(17)8-9-20(18,2)19(12)21/h5,7,10-12,16-17,19,21H,4,6,8-9H2,1-3H3/t12-,16-,17-,19+,20+/m1/s1. The maximum atomic E-state index is 10.6. The molecular weight excluding hydrogens is 272 g/mol. The highest BCUT2D eigenvalue weighted by atomic mass is 16.5. The van der Waals surface area contributed by atoms with Crippen molar-refractivity contribution in [2.75, 3.05) is 7.11 Å². The molecule has 4 rings (SSSR count). The van der Waals surface area contributed by atoms with Crippen molar-refractivity contribution in [3.8, 4) is 5.75 Å². The van der Waals surface area contributed by atoms with Crippen molar-refractivity contribution in [3.05, 3.63) is 41.0 Å². The van der Waals surface area contributed by atoms with Gasteiger partial charge in [0, 0.05) is 11.3 Å². The fourth-order valence-electron chi connectivity index (χ4n) is 5.36. The largest absolute Gasteiger partial charge is 0.497 e. The highest BCUT2D eigenvalue weighted by Crippen LogP contribution is 2.59. The van der Waals surface area contributed by atoms with Crippen LogP contribution in [0.3, 0.4) is 0 Å². The lowest BCUT2D eigenvalue weighted by molar-refractivity contribution is 0.0239. The van der Waals surface area contributed by atoms with Gasteiger partial charge in [-0.05, 0) is 60.8 Å². The smallest absolute Gasteiger partial charge is 0.119 e. The van der Waals surface area contributed by atoms with Crippen molar-refractivity contribution < 1.29 is 9.84 Å². The molecular formula is C20H26O2. The molecule has 118 valence electrons. The van der Waals surface area contributed by atoms with Gasteiger partial charge in [-0.1, -0.05) is 31.6 Å². The second-order valence-electron chi connectivity index (χ2n) is 7.70. The molecule has 1 fully saturated rings. The van der Waals surface area contributed by atoms with Gasteiger partial charge in [0.2, 0.25) is 0 Å². The van der Waals surface area contributed by atoms with Gasteiger partial charge in [0.15, 0.2) is 0 Å². The summed E-state index contributed by atoms with van der Waals surface area (Å²) >= 11 is 0. The Morgan fingerprint density at radius 1 is 1.23 bits per heavy atom. The minimum atomic E-state index is -0.194. The Morgan fingerprint density at radius 3 is 2.82 bits per heavy atom. The van der Waals surface area contributed by atoms with E-state index in [9.17, 15) is 5.11 Å². The zero-order chi connectivity index (χ0) is 15.5. The quantitative estimate of drug-likeness (QED) is 0.792. The van der Waals surface area contributed by atoms with Gasteiger partial charge in [-0.2, -0.15) is 0 Å². The fourth-order valence-corrected chi connectivity index (χ4v) is 5.36. The number of aliphatic hydroxyl groups is 1. The predicted molar refractivity (Wildman–Crippen MR) is 88.1 cm³/mol. The molecule has 22 heavy (non-hydrogen) atoms. The van der Waals surface area contributed by atoms with Crippen LogP contribution in [0.2, 0.25) is 0 Å². The topological polar surface area (TPSA) is 29.5 Å². The number of aryl methyl sites for hydroxylation is 1. The van der Waals surface area contributed by atoms with Crippen molar-refractivity contribution in [2.45, 2.75) is 51.6 Å². The highest BCUT2D eigenvalue weighted by molar-refractivity contribution is 5.44. The monoisotopic (exact) mass is 298 g/mol. The molecule has 3 aliphatic rings. The molecule has 0 amide bonds. The van der Waals surface area contributed by atoms with Crippen LogP contribution in [-0.2, 0) is 6.42 Å². The summed E-state index contributed by atoms with van der Waals surface area (Å²) in [6, 6.07) is 6.61. The minimum absolute atomic E-state index is 0.0184. The number of ether oxygens (including phenoxy) is 1. The summed E-state index contributed by atoms with van der Waals surface area (Å²) < 4.78 is 5.39. The van der Waals surface area contributed by atoms with Crippen LogP contribution >= 0.6 is 0 Å². The molecule has 0 bridgehead atoms. The van der Waals surface area contributed by atoms with Gasteiger partial charge < -0.3 is 9.84 Å². The molecule has 0 unspecified atom stereocenters. The summed E-state index contributed by atoms with van der Waals surface area (Å²) in [6.07, 6.45) is 6.84. The lowest BCUT2D eigenvalue weighted by Gasteiger charge is -2.47. The van der Waals surface area contributed by atoms with Crippen LogP contribution in [0.5, 0.6) is 5.75 Å². The van der Waals surface area contributed by atoms with Crippen LogP contribution in [0, 0.1) is 17.3 Å². The number of methoxy groups -OCH3 is 1. The Labute approximate surface area is 133 Å². The van der Waals surface area contributed by atoms with E-state index in [1.165, 1.54) is 24.0 Å². The summed E-state index contributed by atoms with van der Waals surface area (Å²) in [7, 11) is 1.74. The molecule has 1 saturated carbocycles. The zero-order valence-electron chi connectivity index (χ0n) is 13.8. The maximum Gasteiger partial charge on any atom is 0.119 e. The van der Waals surface area contributed by atoms with Crippen molar-refractivity contribution in [1.82, 2.24) is 0 Å². The highest BCUT2D eigenvalue weighted by Gasteiger charge is 2.52. The van der Waals surface area contributed by atoms with Crippen LogP contribution in [-0.4, -0.2) is 18.3 Å². The first kappa shape index (κ1) is 14.3. The summed E-state index contributed by atoms with van der Waals surface area (Å²) in [6.45, 7) is 4.45. The van der Waals surface area contributed by atoms with Crippen LogP contribution in [0.4, 0.5) is 0 Å². The molecule has 0 saturated heterocycles. The third-order valence-electron chi connectivity index (χ3n) is 6.59. The van der Waals surface area contributed by atoms with Gasteiger partial charge in [-0.25, -0.2) is 0 Å². The number of fused-ring (bicyclic) bond motifs is 5. The van der Waals surface area contributed by atoms with Gasteiger partial charge in [0.25, 0.3) is 0 Å². The van der Waals surface area contributed by atoms with Crippen molar-refractivity contribution >= 4 is 0 Å². The van der Waals surface area contributed by atoms with E-state index >= 15 is 0 Å². The Bertz CT molecular complexity index is 633. The van der Waals surface area contributed by atoms with Gasteiger partial charge in [0.1, 0.15) is 5.75 Å². The molecule has 0 aromatic heterocycles. The molecule has 2 heteroatoms. The molecule has 5 atom stereocenters. The SMILES string of the molecule is COc1ccc2c(c1)CC[C@H]1C3=C[C@@H](C)[C@H](O)[C@@]3(C)CC[C@H]21. The first-order valence-corrected chi connectivity index (χ1v) is 8.61. The number of aliphatic hydroxyl groups excluding tert-OH is 1. The minimum Gasteiger partial charge on any atom is -0.497 e. The van der Waals surface area contributed by atoms with Gasteiger partial charge in [-0.15, -0.1) is 0 Å². The normalized spacial score (nSPS) is 39.5. The summed E-state index contributed by atoms with van der Waals surface area (Å²) in [5.74, 6) is 2.53. The van der Waals surface area contributed by atoms with E-state index < -0.39 is 0 Å². The molecule has 1 N–H and O–H groups in total. The Hall–Kier alpha value is -1.28. The number of rotatable bonds is 1. The molecule has 1 aromatic rings. The molecule has 3 aliphatic carbocycles. The maximum absolute atomic E-state index is 10.6. The average molecular weight is 298 g/mol. The van der Waals surface area contributed by atoms with Gasteiger partial charge in [0.05, 0.1) is 13.2 Å². The Balaban J connectivity index is 1.73. The van der Waals surface area contributed by atoms with Crippen molar-refractivity contribution in [1.29, 1.82) is 0 Å². The molecule has 0 radical (unpaired) electrons. The van der Waals surface area contributed by atoms with Crippen LogP contribution < -0.4 is 4.74 Å². The predicted octanol–water partition coefficient (Wildman–Crippen LogP) is 4.08. The van der Waals surface area contributed by atoms with Crippen molar-refractivity contribution in [2.24, 2.45) is 17.3 Å². The molecule has 0 spiro atoms. The number of hydrogen-bond donors (Lipinski definition) is 1. The Kier molecular flexibility index (Phi) is 3.16. The van der Waals surface area contributed by atoms with Crippen LogP contribution in [0.25, 0.3) is 0 Å². The fraction of sp³-hybridized carbons (Fsp3) is 0.600. The van der Waals surface area contributed by atoms with E-state index in [2.05, 4.69) is 38.1 Å². The van der Waals surface area contributed by atoms with Crippen molar-refractivity contribution in [3.63, 3.8) is 0 Å². The molecule has 0 aliphatic heterocycles. The number of benzene rings is 1. The van der Waals surface area contributed by atoms with E-state index in [1.807, 2.05) is 0 Å². The lowest BCUT2D eigenvalue weighted by Crippen LogP contribution is -2.41. The van der Waals surface area contributed by atoms with Gasteiger partial charge in [-0.3, -0.25) is 0 Å². The van der Waals surface area contributed by atoms with E-state index in [0.717, 1.165) is 18.6 Å². The molecule has 1 aromatic carbocycles. The second-order valence-corrected chi connectivity index (χ2v) is 7.70. The first-order valence-electron chi connectivity index (χ1n) is 8.61. The lowest BCUT2D eigenvalue weighted by atomic mass is 9.58. The third kappa shape index (κ3) is 1.83. The summed E-state index contributed by atoms with van der Waals surface area (Å²) in [4.78, 5) is 0. The second kappa shape index (κ2) is 4.86. The van der Waals surface area contributed by atoms with E-state index in [-0.39, 0.29) is 11.5 Å². The molecule has 2 nitrogen and oxygen atoms in total. The zero-order valence-corrected chi connectivity index (χ0v) is 13.8. The van der Waals surface area contributed by atoms with E-state index in [4.69, 9.17) is 4.74 Å². The summed E-state index contributed by atoms with van der Waals surface area (Å²) in [5.41, 5.74) is 4.56. The summed E-state index contributed by atoms with van der Waals surface area (Å²) in [5, 5.41) is 10.6. The average Bonchev–Trinajstić information content (AvgIpc) is 2.77. The van der Waals surface area contributed by atoms with Crippen LogP contribution in [0.1, 0.15) is 50.2 Å². The van der Waals surface area contributed by atoms with E-state index in [1.54, 1.807) is 12.7 Å². The molecule has 0 heterocycles. The van der Waals surface area contributed by atoms with Gasteiger partial charge >= 0.3 is 0 Å². The van der Waals surface area contributed by atoms with E-state index in [0.29, 0.717) is 17.8 Å². The number of hydrogen-bond acceptors (Lipinski definition) is 2. The first-order chi connectivity index (χ1) is 10.5. The third-order valence-corrected chi connectivity index (χ3v) is 6.59. The van der Waals surface area contributed by atoms with Crippen LogP contribution in [0.15, 0.2) is 29.8 Å².